The Morgan fingerprint density at radius 3 is 2.48 bits per heavy atom. The van der Waals surface area contributed by atoms with Gasteiger partial charge in [-0.15, -0.1) is 0 Å². The second kappa shape index (κ2) is 7.26. The lowest BCUT2D eigenvalue weighted by Crippen LogP contribution is -2.28. The predicted octanol–water partition coefficient (Wildman–Crippen LogP) is 2.74. The topological polar surface area (TPSA) is 91.8 Å². The van der Waals surface area contributed by atoms with Crippen molar-refractivity contribution in [3.8, 4) is 11.5 Å². The Kier molecular flexibility index (Phi) is 5.14. The molecule has 0 fully saturated rings. The Balaban J connectivity index is 2.15. The van der Waals surface area contributed by atoms with E-state index in [1.165, 1.54) is 24.2 Å². The highest BCUT2D eigenvalue weighted by Gasteiger charge is 2.12. The standard InChI is InChI=1S/C16H17N3O4/c1-3-19(16(21)22)11-4-6-12(7-5-11)23-13-8-9-18-14(10-13)15(20)17-2/h4-10H,3H2,1-2H3,(H,17,20)(H,21,22). The first-order valence-electron chi connectivity index (χ1n) is 7.01. The number of nitrogens with one attached hydrogen (secondary N) is 1. The van der Waals surface area contributed by atoms with Gasteiger partial charge in [0.05, 0.1) is 0 Å². The normalized spacial score (nSPS) is 10.0. The first kappa shape index (κ1) is 16.3. The minimum Gasteiger partial charge on any atom is -0.465 e. The summed E-state index contributed by atoms with van der Waals surface area (Å²) in [5, 5.41) is 11.6. The van der Waals surface area contributed by atoms with Crippen LogP contribution in [0.15, 0.2) is 42.6 Å². The van der Waals surface area contributed by atoms with Gasteiger partial charge in [-0.05, 0) is 37.3 Å². The van der Waals surface area contributed by atoms with Gasteiger partial charge in [0.25, 0.3) is 5.91 Å². The highest BCUT2D eigenvalue weighted by molar-refractivity contribution is 5.92. The number of carbonyl (C=O) groups excluding carboxylic acids is 1. The van der Waals surface area contributed by atoms with Crippen LogP contribution in [0.2, 0.25) is 0 Å². The second-order valence-electron chi connectivity index (χ2n) is 4.58. The number of anilines is 1. The molecular weight excluding hydrogens is 298 g/mol. The minimum absolute atomic E-state index is 0.254. The molecule has 2 rings (SSSR count). The van der Waals surface area contributed by atoms with Crippen molar-refractivity contribution in [2.45, 2.75) is 6.92 Å². The van der Waals surface area contributed by atoms with Crippen LogP contribution < -0.4 is 15.0 Å². The first-order chi connectivity index (χ1) is 11.0. The van der Waals surface area contributed by atoms with E-state index in [1.807, 2.05) is 0 Å². The lowest BCUT2D eigenvalue weighted by Gasteiger charge is -2.17. The highest BCUT2D eigenvalue weighted by atomic mass is 16.5. The molecule has 2 N–H and O–H groups in total. The monoisotopic (exact) mass is 315 g/mol. The molecule has 2 amide bonds. The predicted molar refractivity (Wildman–Crippen MR) is 85.2 cm³/mol. The molecule has 0 atom stereocenters. The summed E-state index contributed by atoms with van der Waals surface area (Å²) in [4.78, 5) is 27.8. The third-order valence-electron chi connectivity index (χ3n) is 3.12. The third kappa shape index (κ3) is 3.97. The molecule has 0 bridgehead atoms. The van der Waals surface area contributed by atoms with Crippen LogP contribution in [0.1, 0.15) is 17.4 Å². The number of pyridine rings is 1. The Morgan fingerprint density at radius 1 is 1.22 bits per heavy atom. The SMILES string of the molecule is CCN(C(=O)O)c1ccc(Oc2ccnc(C(=O)NC)c2)cc1. The van der Waals surface area contributed by atoms with E-state index in [4.69, 9.17) is 9.84 Å². The molecule has 0 saturated heterocycles. The van der Waals surface area contributed by atoms with Crippen molar-refractivity contribution in [1.82, 2.24) is 10.3 Å². The molecule has 0 radical (unpaired) electrons. The van der Waals surface area contributed by atoms with E-state index in [0.29, 0.717) is 23.7 Å². The van der Waals surface area contributed by atoms with Crippen LogP contribution >= 0.6 is 0 Å². The zero-order valence-electron chi connectivity index (χ0n) is 12.8. The van der Waals surface area contributed by atoms with Crippen molar-refractivity contribution in [1.29, 1.82) is 0 Å². The number of ether oxygens (including phenoxy) is 1. The molecule has 7 nitrogen and oxygen atoms in total. The minimum atomic E-state index is -1.01. The Bertz CT molecular complexity index is 701. The number of nitrogens with zero attached hydrogens (tertiary/aromatic N) is 2. The Labute approximate surface area is 133 Å². The molecule has 1 aromatic heterocycles. The van der Waals surface area contributed by atoms with Gasteiger partial charge in [-0.2, -0.15) is 0 Å². The molecule has 0 spiro atoms. The van der Waals surface area contributed by atoms with Crippen LogP contribution in [0.5, 0.6) is 11.5 Å². The lowest BCUT2D eigenvalue weighted by atomic mass is 10.2. The van der Waals surface area contributed by atoms with Gasteiger partial charge in [0.2, 0.25) is 0 Å². The average molecular weight is 315 g/mol. The number of benzene rings is 1. The van der Waals surface area contributed by atoms with Crippen LogP contribution in [0, 0.1) is 0 Å². The van der Waals surface area contributed by atoms with Crippen molar-refractivity contribution in [2.24, 2.45) is 0 Å². The molecule has 0 unspecified atom stereocenters. The van der Waals surface area contributed by atoms with E-state index in [1.54, 1.807) is 37.3 Å². The van der Waals surface area contributed by atoms with Gasteiger partial charge in [0, 0.05) is 31.5 Å². The zero-order valence-corrected chi connectivity index (χ0v) is 12.8. The van der Waals surface area contributed by atoms with E-state index in [9.17, 15) is 9.59 Å². The summed E-state index contributed by atoms with van der Waals surface area (Å²) in [6.45, 7) is 2.12. The van der Waals surface area contributed by atoms with Crippen molar-refractivity contribution < 1.29 is 19.4 Å². The summed E-state index contributed by atoms with van der Waals surface area (Å²) in [5.41, 5.74) is 0.817. The number of hydrogen-bond donors (Lipinski definition) is 2. The molecule has 1 heterocycles. The summed E-state index contributed by atoms with van der Waals surface area (Å²) < 4.78 is 5.66. The van der Waals surface area contributed by atoms with Gasteiger partial charge in [-0.1, -0.05) is 0 Å². The molecule has 7 heteroatoms. The number of carboxylic acid groups (broad SMARTS) is 1. The fourth-order valence-corrected chi connectivity index (χ4v) is 1.99. The van der Waals surface area contributed by atoms with Crippen molar-refractivity contribution in [3.63, 3.8) is 0 Å². The lowest BCUT2D eigenvalue weighted by molar-refractivity contribution is 0.0957. The number of aromatic nitrogens is 1. The van der Waals surface area contributed by atoms with Crippen molar-refractivity contribution in [2.75, 3.05) is 18.5 Å². The first-order valence-corrected chi connectivity index (χ1v) is 7.01. The molecule has 0 aliphatic rings. The number of hydrogen-bond acceptors (Lipinski definition) is 4. The fraction of sp³-hybridized carbons (Fsp3) is 0.188. The fourth-order valence-electron chi connectivity index (χ4n) is 1.99. The van der Waals surface area contributed by atoms with E-state index >= 15 is 0 Å². The van der Waals surface area contributed by atoms with Crippen LogP contribution in [0.4, 0.5) is 10.5 Å². The van der Waals surface area contributed by atoms with Gasteiger partial charge in [0.1, 0.15) is 17.2 Å². The highest BCUT2D eigenvalue weighted by Crippen LogP contribution is 2.24. The summed E-state index contributed by atoms with van der Waals surface area (Å²) in [6, 6.07) is 9.82. The smallest absolute Gasteiger partial charge is 0.411 e. The summed E-state index contributed by atoms with van der Waals surface area (Å²) in [7, 11) is 1.53. The van der Waals surface area contributed by atoms with Gasteiger partial charge in [-0.3, -0.25) is 14.7 Å². The molecule has 0 aliphatic carbocycles. The molecule has 2 aromatic rings. The largest absolute Gasteiger partial charge is 0.465 e. The molecule has 120 valence electrons. The molecule has 0 saturated carbocycles. The summed E-state index contributed by atoms with van der Waals surface area (Å²) >= 11 is 0. The van der Waals surface area contributed by atoms with Crippen LogP contribution in [-0.4, -0.2) is 35.7 Å². The molecule has 1 aromatic carbocycles. The number of amides is 2. The maximum atomic E-state index is 11.5. The quantitative estimate of drug-likeness (QED) is 0.885. The Hall–Kier alpha value is -3.09. The molecular formula is C16H17N3O4. The average Bonchev–Trinajstić information content (AvgIpc) is 2.56. The van der Waals surface area contributed by atoms with Gasteiger partial charge in [-0.25, -0.2) is 4.79 Å². The zero-order chi connectivity index (χ0) is 16.8. The Morgan fingerprint density at radius 2 is 1.91 bits per heavy atom. The van der Waals surface area contributed by atoms with Gasteiger partial charge < -0.3 is 15.2 Å². The van der Waals surface area contributed by atoms with Crippen LogP contribution in [-0.2, 0) is 0 Å². The van der Waals surface area contributed by atoms with Crippen molar-refractivity contribution >= 4 is 17.7 Å². The third-order valence-corrected chi connectivity index (χ3v) is 3.12. The number of rotatable bonds is 5. The summed E-state index contributed by atoms with van der Waals surface area (Å²) in [6.07, 6.45) is 0.475. The maximum Gasteiger partial charge on any atom is 0.411 e. The summed E-state index contributed by atoms with van der Waals surface area (Å²) in [5.74, 6) is 0.701. The van der Waals surface area contributed by atoms with E-state index in [-0.39, 0.29) is 11.6 Å². The molecule has 0 aliphatic heterocycles. The molecule has 23 heavy (non-hydrogen) atoms. The second-order valence-corrected chi connectivity index (χ2v) is 4.58. The van der Waals surface area contributed by atoms with E-state index < -0.39 is 6.09 Å². The van der Waals surface area contributed by atoms with Crippen LogP contribution in [0.25, 0.3) is 0 Å². The van der Waals surface area contributed by atoms with Gasteiger partial charge in [0.15, 0.2) is 0 Å². The maximum absolute atomic E-state index is 11.5. The van der Waals surface area contributed by atoms with Crippen LogP contribution in [0.3, 0.4) is 0 Å². The van der Waals surface area contributed by atoms with Crippen molar-refractivity contribution in [3.05, 3.63) is 48.3 Å². The van der Waals surface area contributed by atoms with Gasteiger partial charge >= 0.3 is 6.09 Å². The van der Waals surface area contributed by atoms with E-state index in [2.05, 4.69) is 10.3 Å². The van der Waals surface area contributed by atoms with E-state index in [0.717, 1.165) is 0 Å². The number of carbonyl (C=O) groups is 2.